The Morgan fingerprint density at radius 1 is 1.11 bits per heavy atom. The van der Waals surface area contributed by atoms with E-state index in [0.29, 0.717) is 38.6 Å². The first-order valence-electron chi connectivity index (χ1n) is 9.16. The van der Waals surface area contributed by atoms with E-state index < -0.39 is 11.7 Å². The number of likely N-dealkylation sites (N-methyl/N-ethyl adjacent to an activating group) is 2. The van der Waals surface area contributed by atoms with E-state index in [1.54, 1.807) is 16.8 Å². The van der Waals surface area contributed by atoms with Crippen molar-refractivity contribution in [3.8, 4) is 0 Å². The summed E-state index contributed by atoms with van der Waals surface area (Å²) in [6.07, 6.45) is -3.81. The van der Waals surface area contributed by atoms with Gasteiger partial charge in [0, 0.05) is 33.2 Å². The molecule has 1 rings (SSSR count). The Labute approximate surface area is 159 Å². The van der Waals surface area contributed by atoms with Gasteiger partial charge in [0.1, 0.15) is 0 Å². The number of nitrogens with zero attached hydrogens (tertiary/aromatic N) is 3. The van der Waals surface area contributed by atoms with Gasteiger partial charge >= 0.3 is 6.18 Å². The SMILES string of the molecule is CCNC(=NCCc1ccc(C(F)(F)F)cc1)N(C)CC(=O)N(CC)CC. The van der Waals surface area contributed by atoms with Crippen LogP contribution in [-0.2, 0) is 17.4 Å². The highest BCUT2D eigenvalue weighted by Crippen LogP contribution is 2.29. The molecule has 27 heavy (non-hydrogen) atoms. The molecule has 0 radical (unpaired) electrons. The zero-order chi connectivity index (χ0) is 20.4. The molecule has 1 aromatic carbocycles. The first-order valence-corrected chi connectivity index (χ1v) is 9.16. The van der Waals surface area contributed by atoms with Gasteiger partial charge in [-0.05, 0) is 44.9 Å². The molecule has 1 amide bonds. The maximum Gasteiger partial charge on any atom is 0.416 e. The number of amides is 1. The minimum Gasteiger partial charge on any atom is -0.357 e. The first-order chi connectivity index (χ1) is 12.7. The molecular formula is C19H29F3N4O. The molecule has 152 valence electrons. The van der Waals surface area contributed by atoms with E-state index >= 15 is 0 Å². The van der Waals surface area contributed by atoms with E-state index in [9.17, 15) is 18.0 Å². The summed E-state index contributed by atoms with van der Waals surface area (Å²) in [4.78, 5) is 20.2. The van der Waals surface area contributed by atoms with E-state index in [-0.39, 0.29) is 12.5 Å². The van der Waals surface area contributed by atoms with Gasteiger partial charge in [0.25, 0.3) is 0 Å². The fourth-order valence-electron chi connectivity index (χ4n) is 2.58. The van der Waals surface area contributed by atoms with Crippen molar-refractivity contribution in [1.82, 2.24) is 15.1 Å². The van der Waals surface area contributed by atoms with Crippen LogP contribution >= 0.6 is 0 Å². The molecule has 0 bridgehead atoms. The summed E-state index contributed by atoms with van der Waals surface area (Å²) in [5.74, 6) is 0.626. The largest absolute Gasteiger partial charge is 0.416 e. The molecule has 1 aromatic rings. The predicted molar refractivity (Wildman–Crippen MR) is 102 cm³/mol. The van der Waals surface area contributed by atoms with Crippen LogP contribution in [0.1, 0.15) is 31.9 Å². The van der Waals surface area contributed by atoms with Crippen molar-refractivity contribution in [2.75, 3.05) is 39.8 Å². The predicted octanol–water partition coefficient (Wildman–Crippen LogP) is 3.01. The van der Waals surface area contributed by atoms with Crippen molar-refractivity contribution in [1.29, 1.82) is 0 Å². The molecule has 0 aliphatic rings. The number of halogens is 3. The van der Waals surface area contributed by atoms with Gasteiger partial charge in [-0.2, -0.15) is 13.2 Å². The van der Waals surface area contributed by atoms with Crippen LogP contribution in [0.4, 0.5) is 13.2 Å². The minimum atomic E-state index is -4.32. The lowest BCUT2D eigenvalue weighted by Crippen LogP contribution is -2.45. The van der Waals surface area contributed by atoms with Crippen LogP contribution in [0.25, 0.3) is 0 Å². The van der Waals surface area contributed by atoms with E-state index in [2.05, 4.69) is 10.3 Å². The molecule has 0 aliphatic carbocycles. The fraction of sp³-hybridized carbons (Fsp3) is 0.579. The van der Waals surface area contributed by atoms with Crippen molar-refractivity contribution in [3.05, 3.63) is 35.4 Å². The number of benzene rings is 1. The molecule has 8 heteroatoms. The summed E-state index contributed by atoms with van der Waals surface area (Å²) in [7, 11) is 1.79. The third kappa shape index (κ3) is 7.48. The van der Waals surface area contributed by atoms with Crippen LogP contribution in [0.15, 0.2) is 29.3 Å². The van der Waals surface area contributed by atoms with E-state index in [4.69, 9.17) is 0 Å². The second kappa shape index (κ2) is 10.8. The maximum atomic E-state index is 12.6. The Bertz CT molecular complexity index is 610. The molecule has 0 aliphatic heterocycles. The number of hydrogen-bond acceptors (Lipinski definition) is 2. The summed E-state index contributed by atoms with van der Waals surface area (Å²) in [6, 6.07) is 5.11. The summed E-state index contributed by atoms with van der Waals surface area (Å²) < 4.78 is 37.8. The van der Waals surface area contributed by atoms with Crippen LogP contribution in [0, 0.1) is 0 Å². The third-order valence-electron chi connectivity index (χ3n) is 4.13. The van der Waals surface area contributed by atoms with E-state index in [0.717, 1.165) is 17.7 Å². The number of alkyl halides is 3. The molecule has 0 spiro atoms. The second-order valence-corrected chi connectivity index (χ2v) is 6.10. The molecular weight excluding hydrogens is 357 g/mol. The minimum absolute atomic E-state index is 0.0239. The Morgan fingerprint density at radius 2 is 1.70 bits per heavy atom. The van der Waals surface area contributed by atoms with E-state index in [1.807, 2.05) is 20.8 Å². The third-order valence-corrected chi connectivity index (χ3v) is 4.13. The Morgan fingerprint density at radius 3 is 2.19 bits per heavy atom. The van der Waals surface area contributed by atoms with Gasteiger partial charge in [-0.25, -0.2) is 0 Å². The van der Waals surface area contributed by atoms with Crippen LogP contribution in [0.2, 0.25) is 0 Å². The number of rotatable bonds is 8. The van der Waals surface area contributed by atoms with Crippen LogP contribution < -0.4 is 5.32 Å². The lowest BCUT2D eigenvalue weighted by atomic mass is 10.1. The van der Waals surface area contributed by atoms with Gasteiger partial charge in [0.15, 0.2) is 5.96 Å². The molecule has 0 fully saturated rings. The highest BCUT2D eigenvalue weighted by molar-refractivity contribution is 5.86. The maximum absolute atomic E-state index is 12.6. The van der Waals surface area contributed by atoms with Gasteiger partial charge in [-0.1, -0.05) is 12.1 Å². The first kappa shape index (κ1) is 22.8. The summed E-state index contributed by atoms with van der Waals surface area (Å²) >= 11 is 0. The van der Waals surface area contributed by atoms with Gasteiger partial charge in [0.05, 0.1) is 12.1 Å². The van der Waals surface area contributed by atoms with Gasteiger partial charge in [0.2, 0.25) is 5.91 Å². The summed E-state index contributed by atoms with van der Waals surface area (Å²) in [5.41, 5.74) is 0.127. The highest BCUT2D eigenvalue weighted by Gasteiger charge is 2.29. The molecule has 0 atom stereocenters. The van der Waals surface area contributed by atoms with Gasteiger partial charge < -0.3 is 15.1 Å². The molecule has 0 saturated heterocycles. The molecule has 5 nitrogen and oxygen atoms in total. The molecule has 0 aromatic heterocycles. The summed E-state index contributed by atoms with van der Waals surface area (Å²) in [6.45, 7) is 8.41. The molecule has 0 heterocycles. The number of carbonyl (C=O) groups is 1. The summed E-state index contributed by atoms with van der Waals surface area (Å²) in [5, 5.41) is 3.13. The lowest BCUT2D eigenvalue weighted by Gasteiger charge is -2.25. The van der Waals surface area contributed by atoms with Crippen molar-refractivity contribution in [2.24, 2.45) is 4.99 Å². The van der Waals surface area contributed by atoms with E-state index in [1.165, 1.54) is 12.1 Å². The van der Waals surface area contributed by atoms with Gasteiger partial charge in [-0.3, -0.25) is 9.79 Å². The van der Waals surface area contributed by atoms with Crippen LogP contribution in [-0.4, -0.2) is 61.4 Å². The zero-order valence-electron chi connectivity index (χ0n) is 16.4. The van der Waals surface area contributed by atoms with Crippen LogP contribution in [0.5, 0.6) is 0 Å². The zero-order valence-corrected chi connectivity index (χ0v) is 16.4. The van der Waals surface area contributed by atoms with Crippen LogP contribution in [0.3, 0.4) is 0 Å². The number of hydrogen-bond donors (Lipinski definition) is 1. The number of aliphatic imine (C=N–C) groups is 1. The fourth-order valence-corrected chi connectivity index (χ4v) is 2.58. The van der Waals surface area contributed by atoms with Crippen molar-refractivity contribution in [3.63, 3.8) is 0 Å². The normalized spacial score (nSPS) is 12.0. The standard InChI is InChI=1S/C19H29F3N4O/c1-5-23-18(25(4)14-17(27)26(6-2)7-3)24-13-12-15-8-10-16(11-9-15)19(20,21)22/h8-11H,5-7,12-14H2,1-4H3,(H,23,24). The molecule has 0 saturated carbocycles. The van der Waals surface area contributed by atoms with Gasteiger partial charge in [-0.15, -0.1) is 0 Å². The average molecular weight is 386 g/mol. The van der Waals surface area contributed by atoms with Crippen molar-refractivity contribution in [2.45, 2.75) is 33.4 Å². The monoisotopic (exact) mass is 386 g/mol. The lowest BCUT2D eigenvalue weighted by molar-refractivity contribution is -0.137. The number of guanidine groups is 1. The Hall–Kier alpha value is -2.25. The number of carbonyl (C=O) groups excluding carboxylic acids is 1. The number of nitrogens with one attached hydrogen (secondary N) is 1. The average Bonchev–Trinajstić information content (AvgIpc) is 2.61. The quantitative estimate of drug-likeness (QED) is 0.552. The van der Waals surface area contributed by atoms with Crippen molar-refractivity contribution < 1.29 is 18.0 Å². The molecule has 1 N–H and O–H groups in total. The second-order valence-electron chi connectivity index (χ2n) is 6.10. The molecule has 0 unspecified atom stereocenters. The topological polar surface area (TPSA) is 47.9 Å². The van der Waals surface area contributed by atoms with Crippen molar-refractivity contribution >= 4 is 11.9 Å². The smallest absolute Gasteiger partial charge is 0.357 e. The Kier molecular flexibility index (Phi) is 9.11. The Balaban J connectivity index is 2.68. The highest BCUT2D eigenvalue weighted by atomic mass is 19.4.